The number of amidine groups is 1. The lowest BCUT2D eigenvalue weighted by Gasteiger charge is -2.28. The van der Waals surface area contributed by atoms with Crippen LogP contribution in [-0.2, 0) is 17.9 Å². The first kappa shape index (κ1) is 41.8. The van der Waals surface area contributed by atoms with Gasteiger partial charge in [0, 0.05) is 77.5 Å². The SMILES string of the molecule is COc1cc2ncc(C(O)NC3CC3)c(Nc3ccccc3)c2cc1-c1ccc(C(=O)NCCCCn2cc(CNc3cccc4c3C(=O)N(C3CCC(=N)NC3=O)C4=O)nn2)nc1. The van der Waals surface area contributed by atoms with Crippen LogP contribution in [-0.4, -0.2) is 90.2 Å². The van der Waals surface area contributed by atoms with Gasteiger partial charge in [-0.2, -0.15) is 0 Å². The molecule has 9 rings (SSSR count). The highest BCUT2D eigenvalue weighted by atomic mass is 16.5. The number of unbranched alkanes of at least 4 members (excludes halogenated alkanes) is 1. The Labute approximate surface area is 367 Å². The van der Waals surface area contributed by atoms with Crippen molar-refractivity contribution in [2.45, 2.75) is 69.9 Å². The number of hydrogen-bond donors (Lipinski definition) is 7. The largest absolute Gasteiger partial charge is 0.496 e. The van der Waals surface area contributed by atoms with E-state index < -0.39 is 30.0 Å². The van der Waals surface area contributed by atoms with Gasteiger partial charge in [0.1, 0.15) is 29.4 Å². The van der Waals surface area contributed by atoms with E-state index >= 15 is 0 Å². The smallest absolute Gasteiger partial charge is 0.269 e. The van der Waals surface area contributed by atoms with Crippen LogP contribution in [0.5, 0.6) is 5.75 Å². The summed E-state index contributed by atoms with van der Waals surface area (Å²) in [7, 11) is 1.59. The van der Waals surface area contributed by atoms with Crippen molar-refractivity contribution >= 4 is 57.4 Å². The number of aliphatic hydroxyl groups excluding tert-OH is 1. The number of benzene rings is 3. The van der Waals surface area contributed by atoms with Crippen molar-refractivity contribution in [2.75, 3.05) is 24.3 Å². The average Bonchev–Trinajstić information content (AvgIpc) is 3.94. The molecule has 0 bridgehead atoms. The lowest BCUT2D eigenvalue weighted by atomic mass is 10.00. The van der Waals surface area contributed by atoms with Gasteiger partial charge in [0.2, 0.25) is 5.91 Å². The number of carbonyl (C=O) groups is 4. The number of aromatic nitrogens is 5. The number of anilines is 3. The highest BCUT2D eigenvalue weighted by Crippen LogP contribution is 2.40. The van der Waals surface area contributed by atoms with Crippen molar-refractivity contribution in [1.29, 1.82) is 5.41 Å². The number of amides is 4. The number of rotatable bonds is 17. The number of aryl methyl sites for hydroxylation is 1. The summed E-state index contributed by atoms with van der Waals surface area (Å²) in [5.41, 5.74) is 6.12. The first-order valence-electron chi connectivity index (χ1n) is 21.2. The van der Waals surface area contributed by atoms with Gasteiger partial charge in [0.25, 0.3) is 17.7 Å². The van der Waals surface area contributed by atoms with Crippen LogP contribution in [0.25, 0.3) is 22.0 Å². The van der Waals surface area contributed by atoms with Gasteiger partial charge in [-0.1, -0.05) is 35.5 Å². The number of fused-ring (bicyclic) bond motifs is 2. The molecule has 5 heterocycles. The summed E-state index contributed by atoms with van der Waals surface area (Å²) in [5.74, 6) is -1.28. The normalized spacial score (nSPS) is 16.4. The first-order valence-corrected chi connectivity index (χ1v) is 21.2. The van der Waals surface area contributed by atoms with Crippen LogP contribution in [0.3, 0.4) is 0 Å². The summed E-state index contributed by atoms with van der Waals surface area (Å²) in [6.07, 6.45) is 8.09. The minimum Gasteiger partial charge on any atom is -0.496 e. The molecular formula is C46H46N12O6. The second-order valence-electron chi connectivity index (χ2n) is 15.9. The average molecular weight is 863 g/mol. The molecular weight excluding hydrogens is 817 g/mol. The summed E-state index contributed by atoms with van der Waals surface area (Å²) in [4.78, 5) is 62.5. The van der Waals surface area contributed by atoms with E-state index in [1.54, 1.807) is 54.6 Å². The van der Waals surface area contributed by atoms with E-state index in [-0.39, 0.29) is 54.0 Å². The first-order chi connectivity index (χ1) is 31.1. The molecule has 3 aromatic heterocycles. The van der Waals surface area contributed by atoms with E-state index in [4.69, 9.17) is 10.1 Å². The molecule has 3 aliphatic rings. The Bertz CT molecular complexity index is 2770. The number of para-hydroxylation sites is 1. The maximum atomic E-state index is 13.4. The highest BCUT2D eigenvalue weighted by molar-refractivity contribution is 6.25. The molecule has 3 aromatic carbocycles. The molecule has 7 N–H and O–H groups in total. The van der Waals surface area contributed by atoms with Crippen LogP contribution in [0.15, 0.2) is 91.4 Å². The van der Waals surface area contributed by atoms with Gasteiger partial charge in [0.05, 0.1) is 48.0 Å². The number of imide groups is 1. The van der Waals surface area contributed by atoms with Crippen LogP contribution in [0.2, 0.25) is 0 Å². The minimum absolute atomic E-state index is 0.0661. The number of carbonyl (C=O) groups excluding carboxylic acids is 4. The lowest BCUT2D eigenvalue weighted by molar-refractivity contribution is -0.124. The number of pyridine rings is 2. The predicted molar refractivity (Wildman–Crippen MR) is 237 cm³/mol. The zero-order valence-electron chi connectivity index (χ0n) is 34.9. The van der Waals surface area contributed by atoms with E-state index in [1.807, 2.05) is 48.5 Å². The van der Waals surface area contributed by atoms with Crippen molar-refractivity contribution in [2.24, 2.45) is 0 Å². The van der Waals surface area contributed by atoms with Gasteiger partial charge in [-0.05, 0) is 68.5 Å². The molecule has 2 fully saturated rings. The molecule has 326 valence electrons. The molecule has 0 spiro atoms. The fourth-order valence-electron chi connectivity index (χ4n) is 7.99. The topological polar surface area (TPSA) is 241 Å². The Morgan fingerprint density at radius 1 is 0.969 bits per heavy atom. The van der Waals surface area contributed by atoms with Crippen LogP contribution in [0.4, 0.5) is 17.1 Å². The summed E-state index contributed by atoms with van der Waals surface area (Å²) < 4.78 is 7.49. The van der Waals surface area contributed by atoms with Crippen molar-refractivity contribution in [3.05, 3.63) is 119 Å². The molecule has 64 heavy (non-hydrogen) atoms. The summed E-state index contributed by atoms with van der Waals surface area (Å²) in [5, 5.41) is 43.5. The maximum absolute atomic E-state index is 13.4. The Morgan fingerprint density at radius 2 is 1.81 bits per heavy atom. The monoisotopic (exact) mass is 862 g/mol. The maximum Gasteiger partial charge on any atom is 0.269 e. The molecule has 18 nitrogen and oxygen atoms in total. The summed E-state index contributed by atoms with van der Waals surface area (Å²) >= 11 is 0. The van der Waals surface area contributed by atoms with Gasteiger partial charge in [0.15, 0.2) is 0 Å². The van der Waals surface area contributed by atoms with Gasteiger partial charge >= 0.3 is 0 Å². The molecule has 1 aliphatic carbocycles. The predicted octanol–water partition coefficient (Wildman–Crippen LogP) is 5.06. The fraction of sp³-hybridized carbons (Fsp3) is 0.283. The number of piperidine rings is 1. The van der Waals surface area contributed by atoms with Crippen molar-refractivity contribution in [1.82, 2.24) is 45.8 Å². The van der Waals surface area contributed by atoms with Crippen LogP contribution < -0.4 is 31.3 Å². The van der Waals surface area contributed by atoms with E-state index in [0.717, 1.165) is 45.6 Å². The molecule has 0 radical (unpaired) electrons. The number of hydrogen-bond acceptors (Lipinski definition) is 14. The number of nitrogens with zero attached hydrogens (tertiary/aromatic N) is 6. The third-order valence-electron chi connectivity index (χ3n) is 11.5. The van der Waals surface area contributed by atoms with E-state index in [2.05, 4.69) is 46.9 Å². The second-order valence-corrected chi connectivity index (χ2v) is 15.9. The molecule has 2 atom stereocenters. The van der Waals surface area contributed by atoms with E-state index in [0.29, 0.717) is 54.1 Å². The van der Waals surface area contributed by atoms with Crippen molar-refractivity contribution in [3.8, 4) is 16.9 Å². The third kappa shape index (κ3) is 8.73. The molecule has 18 heteroatoms. The Balaban J connectivity index is 0.788. The van der Waals surface area contributed by atoms with Gasteiger partial charge in [-0.3, -0.25) is 49.5 Å². The fourth-order valence-corrected chi connectivity index (χ4v) is 7.99. The Morgan fingerprint density at radius 3 is 2.58 bits per heavy atom. The number of methoxy groups -OCH3 is 1. The van der Waals surface area contributed by atoms with Crippen LogP contribution in [0.1, 0.15) is 87.2 Å². The third-order valence-corrected chi connectivity index (χ3v) is 11.5. The van der Waals surface area contributed by atoms with E-state index in [9.17, 15) is 24.3 Å². The number of ether oxygens (including phenoxy) is 1. The zero-order chi connectivity index (χ0) is 44.3. The zero-order valence-corrected chi connectivity index (χ0v) is 34.9. The Hall–Kier alpha value is -7.57. The molecule has 2 unspecified atom stereocenters. The van der Waals surface area contributed by atoms with Crippen LogP contribution >= 0.6 is 0 Å². The van der Waals surface area contributed by atoms with Gasteiger partial charge in [-0.25, -0.2) is 0 Å². The lowest BCUT2D eigenvalue weighted by Crippen LogP contribution is -2.54. The quantitative estimate of drug-likeness (QED) is 0.0361. The van der Waals surface area contributed by atoms with Crippen molar-refractivity contribution < 1.29 is 29.0 Å². The molecule has 6 aromatic rings. The molecule has 4 amide bonds. The standard InChI is InChI=1S/C46H46N12O6/c1-64-38-21-36-32(41(52-27-8-3-2-4-9-27)33(24-51-36)42(59)53-28-13-14-28)20-31(38)26-12-15-35(49-22-26)43(60)48-18-5-6-19-57-25-29(55-56-57)23-50-34-11-7-10-30-40(34)46(63)58(45(30)62)37-16-17-39(47)54-44(37)61/h2-4,7-12,15,20-22,24-25,28,37,42,50,53,59H,5-6,13-14,16-19,23H2,1H3,(H,48,60)(H,51,52)(H2,47,54,61). The highest BCUT2D eigenvalue weighted by Gasteiger charge is 2.45. The minimum atomic E-state index is -0.972. The van der Waals surface area contributed by atoms with Gasteiger partial charge in [-0.15, -0.1) is 5.10 Å². The molecule has 1 saturated heterocycles. The summed E-state index contributed by atoms with van der Waals surface area (Å²) in [6, 6.07) is 21.3. The number of nitrogens with one attached hydrogen (secondary N) is 6. The molecule has 2 aliphatic heterocycles. The van der Waals surface area contributed by atoms with Gasteiger partial charge < -0.3 is 31.1 Å². The molecule has 1 saturated carbocycles. The van der Waals surface area contributed by atoms with E-state index in [1.165, 1.54) is 0 Å². The second kappa shape index (κ2) is 18.0. The Kier molecular flexibility index (Phi) is 11.8. The van der Waals surface area contributed by atoms with Crippen molar-refractivity contribution in [3.63, 3.8) is 0 Å². The van der Waals surface area contributed by atoms with Crippen LogP contribution in [0, 0.1) is 5.41 Å². The summed E-state index contributed by atoms with van der Waals surface area (Å²) in [6.45, 7) is 1.22. The number of aliphatic hydroxyl groups is 1.